The van der Waals surface area contributed by atoms with Crippen molar-refractivity contribution in [2.75, 3.05) is 13.1 Å². The molecule has 0 aromatic heterocycles. The van der Waals surface area contributed by atoms with E-state index >= 15 is 0 Å². The zero-order valence-electron chi connectivity index (χ0n) is 11.6. The zero-order chi connectivity index (χ0) is 13.9. The third kappa shape index (κ3) is 3.26. The highest BCUT2D eigenvalue weighted by molar-refractivity contribution is 5.84. The largest absolute Gasteiger partial charge is 0.481 e. The van der Waals surface area contributed by atoms with Gasteiger partial charge < -0.3 is 15.7 Å². The monoisotopic (exact) mass is 268 g/mol. The van der Waals surface area contributed by atoms with E-state index in [1.54, 1.807) is 0 Å². The molecule has 1 saturated heterocycles. The minimum atomic E-state index is -0.822. The highest BCUT2D eigenvalue weighted by Gasteiger charge is 2.42. The number of amides is 1. The van der Waals surface area contributed by atoms with E-state index in [4.69, 9.17) is 5.11 Å². The first kappa shape index (κ1) is 14.3. The molecule has 0 aromatic carbocycles. The third-order valence-corrected chi connectivity index (χ3v) is 4.68. The topological polar surface area (TPSA) is 78.4 Å². The Morgan fingerprint density at radius 2 is 1.74 bits per heavy atom. The van der Waals surface area contributed by atoms with Gasteiger partial charge in [0.15, 0.2) is 0 Å². The highest BCUT2D eigenvalue weighted by atomic mass is 16.4. The molecule has 5 heteroatoms. The van der Waals surface area contributed by atoms with Crippen LogP contribution in [0.2, 0.25) is 0 Å². The van der Waals surface area contributed by atoms with Crippen LogP contribution in [0.25, 0.3) is 0 Å². The summed E-state index contributed by atoms with van der Waals surface area (Å²) in [5, 5.41) is 15.4. The van der Waals surface area contributed by atoms with Crippen molar-refractivity contribution in [2.24, 2.45) is 5.41 Å². The molecule has 0 unspecified atom stereocenters. The molecule has 0 radical (unpaired) electrons. The summed E-state index contributed by atoms with van der Waals surface area (Å²) in [6.45, 7) is 3.71. The second-order valence-corrected chi connectivity index (χ2v) is 6.32. The molecule has 1 heterocycles. The van der Waals surface area contributed by atoms with Crippen molar-refractivity contribution in [3.8, 4) is 0 Å². The number of hydrogen-bond acceptors (Lipinski definition) is 3. The van der Waals surface area contributed by atoms with Crippen LogP contribution >= 0.6 is 0 Å². The normalized spacial score (nSPS) is 24.9. The molecule has 5 nitrogen and oxygen atoms in total. The van der Waals surface area contributed by atoms with Crippen LogP contribution in [0.1, 0.15) is 51.9 Å². The Labute approximate surface area is 114 Å². The summed E-state index contributed by atoms with van der Waals surface area (Å²) in [6, 6.07) is 0. The van der Waals surface area contributed by atoms with E-state index in [0.29, 0.717) is 0 Å². The fraction of sp³-hybridized carbons (Fsp3) is 0.857. The van der Waals surface area contributed by atoms with Gasteiger partial charge in [-0.05, 0) is 38.8 Å². The van der Waals surface area contributed by atoms with Crippen molar-refractivity contribution in [3.63, 3.8) is 0 Å². The summed E-state index contributed by atoms with van der Waals surface area (Å²) in [7, 11) is 0. The molecule has 0 atom stereocenters. The summed E-state index contributed by atoms with van der Waals surface area (Å²) in [4.78, 5) is 23.6. The Kier molecular flexibility index (Phi) is 4.13. The fourth-order valence-corrected chi connectivity index (χ4v) is 3.28. The molecule has 2 aliphatic rings. The minimum absolute atomic E-state index is 0.0390. The van der Waals surface area contributed by atoms with Gasteiger partial charge in [-0.3, -0.25) is 9.59 Å². The van der Waals surface area contributed by atoms with Crippen molar-refractivity contribution in [1.29, 1.82) is 0 Å². The van der Waals surface area contributed by atoms with E-state index in [1.807, 2.05) is 6.92 Å². The number of piperidine rings is 1. The molecule has 1 saturated carbocycles. The zero-order valence-corrected chi connectivity index (χ0v) is 11.6. The Morgan fingerprint density at radius 1 is 1.16 bits per heavy atom. The SMILES string of the molecule is CC1(C(=O)NC2(CC(=O)O)CCCC2)CCNCC1. The standard InChI is InChI=1S/C14H24N2O3/c1-13(6-8-15-9-7-13)12(19)16-14(10-11(17)18)4-2-3-5-14/h15H,2-10H2,1H3,(H,16,19)(H,17,18). The molecule has 108 valence electrons. The van der Waals surface area contributed by atoms with E-state index in [2.05, 4.69) is 10.6 Å². The minimum Gasteiger partial charge on any atom is -0.481 e. The summed E-state index contributed by atoms with van der Waals surface area (Å²) >= 11 is 0. The van der Waals surface area contributed by atoms with Crippen molar-refractivity contribution in [2.45, 2.75) is 57.4 Å². The van der Waals surface area contributed by atoms with Crippen LogP contribution in [0, 0.1) is 5.41 Å². The van der Waals surface area contributed by atoms with Gasteiger partial charge >= 0.3 is 5.97 Å². The first-order valence-corrected chi connectivity index (χ1v) is 7.21. The average Bonchev–Trinajstić information content (AvgIpc) is 2.77. The van der Waals surface area contributed by atoms with E-state index in [-0.39, 0.29) is 17.7 Å². The third-order valence-electron chi connectivity index (χ3n) is 4.68. The Morgan fingerprint density at radius 3 is 2.26 bits per heavy atom. The number of hydrogen-bond donors (Lipinski definition) is 3. The first-order valence-electron chi connectivity index (χ1n) is 7.21. The van der Waals surface area contributed by atoms with Gasteiger partial charge in [0, 0.05) is 5.41 Å². The summed E-state index contributed by atoms with van der Waals surface area (Å²) in [5.41, 5.74) is -0.851. The molecule has 1 amide bonds. The Hall–Kier alpha value is -1.10. The van der Waals surface area contributed by atoms with Crippen LogP contribution in [0.5, 0.6) is 0 Å². The van der Waals surface area contributed by atoms with Crippen LogP contribution in [0.4, 0.5) is 0 Å². The van der Waals surface area contributed by atoms with Crippen molar-refractivity contribution >= 4 is 11.9 Å². The molecule has 2 fully saturated rings. The van der Waals surface area contributed by atoms with Crippen LogP contribution < -0.4 is 10.6 Å². The number of carbonyl (C=O) groups excluding carboxylic acids is 1. The van der Waals surface area contributed by atoms with Crippen LogP contribution in [-0.4, -0.2) is 35.6 Å². The first-order chi connectivity index (χ1) is 8.96. The number of aliphatic carboxylic acids is 1. The molecular weight excluding hydrogens is 244 g/mol. The molecule has 0 spiro atoms. The lowest BCUT2D eigenvalue weighted by molar-refractivity contribution is -0.140. The predicted molar refractivity (Wildman–Crippen MR) is 71.8 cm³/mol. The van der Waals surface area contributed by atoms with Crippen molar-refractivity contribution in [1.82, 2.24) is 10.6 Å². The van der Waals surface area contributed by atoms with E-state index < -0.39 is 11.5 Å². The van der Waals surface area contributed by atoms with Gasteiger partial charge in [0.1, 0.15) is 0 Å². The molecule has 0 aromatic rings. The maximum absolute atomic E-state index is 12.5. The second kappa shape index (κ2) is 5.49. The molecule has 2 rings (SSSR count). The Bertz CT molecular complexity index is 356. The van der Waals surface area contributed by atoms with Gasteiger partial charge in [-0.25, -0.2) is 0 Å². The molecule has 0 bridgehead atoms. The van der Waals surface area contributed by atoms with Crippen LogP contribution in [0.15, 0.2) is 0 Å². The van der Waals surface area contributed by atoms with Crippen molar-refractivity contribution in [3.05, 3.63) is 0 Å². The molecular formula is C14H24N2O3. The lowest BCUT2D eigenvalue weighted by atomic mass is 9.79. The number of carboxylic acids is 1. The van der Waals surface area contributed by atoms with Gasteiger partial charge in [0.25, 0.3) is 0 Å². The summed E-state index contributed by atoms with van der Waals surface area (Å²) in [6.07, 6.45) is 5.29. The van der Waals surface area contributed by atoms with Crippen molar-refractivity contribution < 1.29 is 14.7 Å². The van der Waals surface area contributed by atoms with Gasteiger partial charge in [0.2, 0.25) is 5.91 Å². The van der Waals surface area contributed by atoms with Gasteiger partial charge in [-0.1, -0.05) is 19.8 Å². The Balaban J connectivity index is 2.04. The van der Waals surface area contributed by atoms with E-state index in [9.17, 15) is 9.59 Å². The van der Waals surface area contributed by atoms with Crippen LogP contribution in [0.3, 0.4) is 0 Å². The molecule has 19 heavy (non-hydrogen) atoms. The van der Waals surface area contributed by atoms with E-state index in [0.717, 1.165) is 51.6 Å². The summed E-state index contributed by atoms with van der Waals surface area (Å²) < 4.78 is 0. The van der Waals surface area contributed by atoms with Crippen LogP contribution in [-0.2, 0) is 9.59 Å². The number of carboxylic acid groups (broad SMARTS) is 1. The van der Waals surface area contributed by atoms with Gasteiger partial charge in [-0.2, -0.15) is 0 Å². The summed E-state index contributed by atoms with van der Waals surface area (Å²) in [5.74, 6) is -0.783. The maximum atomic E-state index is 12.5. The van der Waals surface area contributed by atoms with Gasteiger partial charge in [0.05, 0.1) is 12.0 Å². The molecule has 3 N–H and O–H groups in total. The number of rotatable bonds is 4. The second-order valence-electron chi connectivity index (χ2n) is 6.32. The maximum Gasteiger partial charge on any atom is 0.305 e. The molecule has 1 aliphatic heterocycles. The quantitative estimate of drug-likeness (QED) is 0.717. The molecule has 1 aliphatic carbocycles. The average molecular weight is 268 g/mol. The predicted octanol–water partition coefficient (Wildman–Crippen LogP) is 1.28. The van der Waals surface area contributed by atoms with Gasteiger partial charge in [-0.15, -0.1) is 0 Å². The lowest BCUT2D eigenvalue weighted by Gasteiger charge is -2.37. The highest BCUT2D eigenvalue weighted by Crippen LogP contribution is 2.35. The number of nitrogens with one attached hydrogen (secondary N) is 2. The lowest BCUT2D eigenvalue weighted by Crippen LogP contribution is -2.54. The van der Waals surface area contributed by atoms with E-state index in [1.165, 1.54) is 0 Å². The number of carbonyl (C=O) groups is 2. The fourth-order valence-electron chi connectivity index (χ4n) is 3.28. The smallest absolute Gasteiger partial charge is 0.305 e.